The van der Waals surface area contributed by atoms with Crippen LogP contribution in [0.4, 0.5) is 4.39 Å². The molecule has 7 heteroatoms. The second-order valence-corrected chi connectivity index (χ2v) is 8.43. The number of carbonyl (C=O) groups is 2. The average Bonchev–Trinajstić information content (AvgIpc) is 2.92. The van der Waals surface area contributed by atoms with E-state index in [0.717, 1.165) is 16.9 Å². The van der Waals surface area contributed by atoms with Gasteiger partial charge < -0.3 is 19.9 Å². The van der Waals surface area contributed by atoms with Gasteiger partial charge in [-0.25, -0.2) is 9.18 Å². The average molecular weight is 500 g/mol. The van der Waals surface area contributed by atoms with Crippen molar-refractivity contribution in [1.82, 2.24) is 5.32 Å². The monoisotopic (exact) mass is 499 g/mol. The van der Waals surface area contributed by atoms with Gasteiger partial charge in [-0.15, -0.1) is 0 Å². The van der Waals surface area contributed by atoms with Gasteiger partial charge in [-0.2, -0.15) is 0 Å². The molecule has 0 fully saturated rings. The lowest BCUT2D eigenvalue weighted by molar-refractivity contribution is -0.139. The first kappa shape index (κ1) is 25.4. The van der Waals surface area contributed by atoms with E-state index in [0.29, 0.717) is 30.1 Å². The maximum atomic E-state index is 13.1. The van der Waals surface area contributed by atoms with Crippen molar-refractivity contribution in [1.29, 1.82) is 0 Å². The Balaban J connectivity index is 1.30. The second kappa shape index (κ2) is 12.4. The van der Waals surface area contributed by atoms with E-state index in [9.17, 15) is 19.1 Å². The van der Waals surface area contributed by atoms with Crippen LogP contribution in [0.1, 0.15) is 27.0 Å². The van der Waals surface area contributed by atoms with Crippen molar-refractivity contribution >= 4 is 11.9 Å². The summed E-state index contributed by atoms with van der Waals surface area (Å²) in [5.74, 6) is -0.804. The van der Waals surface area contributed by atoms with E-state index >= 15 is 0 Å². The van der Waals surface area contributed by atoms with Gasteiger partial charge in [0, 0.05) is 12.0 Å². The van der Waals surface area contributed by atoms with Crippen LogP contribution in [0.15, 0.2) is 103 Å². The summed E-state index contributed by atoms with van der Waals surface area (Å²) in [5, 5.41) is 12.0. The molecule has 4 aromatic rings. The largest absolute Gasteiger partial charge is 0.489 e. The number of halogens is 1. The SMILES string of the molecule is O=C(NC(Cc1ccc(F)cc1)C(=O)O)c1ccc(OCc2cccc(OCc3ccccc3)c2)cc1. The fourth-order valence-corrected chi connectivity index (χ4v) is 3.63. The molecule has 188 valence electrons. The van der Waals surface area contributed by atoms with E-state index in [1.807, 2.05) is 54.6 Å². The zero-order valence-corrected chi connectivity index (χ0v) is 20.0. The van der Waals surface area contributed by atoms with Crippen LogP contribution >= 0.6 is 0 Å². The van der Waals surface area contributed by atoms with Crippen LogP contribution in [0, 0.1) is 5.82 Å². The first-order chi connectivity index (χ1) is 18.0. The Morgan fingerprint density at radius 3 is 2.08 bits per heavy atom. The highest BCUT2D eigenvalue weighted by Crippen LogP contribution is 2.19. The molecule has 0 spiro atoms. The minimum Gasteiger partial charge on any atom is -0.489 e. The number of hydrogen-bond acceptors (Lipinski definition) is 4. The Hall–Kier alpha value is -4.65. The van der Waals surface area contributed by atoms with Gasteiger partial charge >= 0.3 is 5.97 Å². The Labute approximate surface area is 214 Å². The van der Waals surface area contributed by atoms with Crippen molar-refractivity contribution in [3.05, 3.63) is 131 Å². The molecule has 1 unspecified atom stereocenters. The Morgan fingerprint density at radius 1 is 0.730 bits per heavy atom. The van der Waals surface area contributed by atoms with Crippen LogP contribution in [0.2, 0.25) is 0 Å². The standard InChI is InChI=1S/C30H26FNO5/c31-25-13-9-21(10-14-25)18-28(30(34)35)32-29(33)24-11-15-26(16-12-24)36-20-23-7-4-8-27(17-23)37-19-22-5-2-1-3-6-22/h1-17,28H,18-20H2,(H,32,33)(H,34,35). The lowest BCUT2D eigenvalue weighted by atomic mass is 10.1. The van der Waals surface area contributed by atoms with Crippen molar-refractivity contribution in [2.75, 3.05) is 0 Å². The number of carboxylic acid groups (broad SMARTS) is 1. The Bertz CT molecular complexity index is 1320. The number of aliphatic carboxylic acids is 1. The van der Waals surface area contributed by atoms with E-state index in [-0.39, 0.29) is 6.42 Å². The summed E-state index contributed by atoms with van der Waals surface area (Å²) in [6.45, 7) is 0.786. The van der Waals surface area contributed by atoms with Gasteiger partial charge in [-0.05, 0) is 65.2 Å². The number of rotatable bonds is 11. The third-order valence-corrected chi connectivity index (χ3v) is 5.63. The molecule has 6 nitrogen and oxygen atoms in total. The third-order valence-electron chi connectivity index (χ3n) is 5.63. The van der Waals surface area contributed by atoms with Gasteiger partial charge in [0.15, 0.2) is 0 Å². The van der Waals surface area contributed by atoms with Crippen LogP contribution < -0.4 is 14.8 Å². The van der Waals surface area contributed by atoms with Gasteiger partial charge in [0.05, 0.1) is 0 Å². The van der Waals surface area contributed by atoms with Gasteiger partial charge in [0.2, 0.25) is 0 Å². The van der Waals surface area contributed by atoms with Crippen LogP contribution in [0.5, 0.6) is 11.5 Å². The lowest BCUT2D eigenvalue weighted by Crippen LogP contribution is -2.42. The number of ether oxygens (including phenoxy) is 2. The predicted molar refractivity (Wildman–Crippen MR) is 137 cm³/mol. The maximum absolute atomic E-state index is 13.1. The molecule has 1 atom stereocenters. The zero-order valence-electron chi connectivity index (χ0n) is 20.0. The quantitative estimate of drug-likeness (QED) is 0.288. The molecule has 0 saturated heterocycles. The number of nitrogens with one attached hydrogen (secondary N) is 1. The molecular formula is C30H26FNO5. The summed E-state index contributed by atoms with van der Waals surface area (Å²) in [5.41, 5.74) is 2.91. The summed E-state index contributed by atoms with van der Waals surface area (Å²) < 4.78 is 24.8. The fourth-order valence-electron chi connectivity index (χ4n) is 3.63. The normalized spacial score (nSPS) is 11.4. The molecule has 0 aliphatic rings. The van der Waals surface area contributed by atoms with E-state index < -0.39 is 23.7 Å². The second-order valence-electron chi connectivity index (χ2n) is 8.43. The first-order valence-corrected chi connectivity index (χ1v) is 11.7. The van der Waals surface area contributed by atoms with E-state index in [2.05, 4.69) is 5.32 Å². The molecule has 4 rings (SSSR count). The van der Waals surface area contributed by atoms with E-state index in [4.69, 9.17) is 9.47 Å². The summed E-state index contributed by atoms with van der Waals surface area (Å²) in [4.78, 5) is 24.2. The number of carbonyl (C=O) groups excluding carboxylic acids is 1. The minimum atomic E-state index is -1.17. The molecule has 0 aliphatic heterocycles. The van der Waals surface area contributed by atoms with Crippen LogP contribution in [-0.4, -0.2) is 23.0 Å². The maximum Gasteiger partial charge on any atom is 0.326 e. The molecule has 0 radical (unpaired) electrons. The highest BCUT2D eigenvalue weighted by atomic mass is 19.1. The third kappa shape index (κ3) is 7.67. The van der Waals surface area contributed by atoms with Crippen molar-refractivity contribution in [2.24, 2.45) is 0 Å². The fraction of sp³-hybridized carbons (Fsp3) is 0.133. The molecule has 0 heterocycles. The van der Waals surface area contributed by atoms with Gasteiger partial charge in [-0.3, -0.25) is 4.79 Å². The Morgan fingerprint density at radius 2 is 1.38 bits per heavy atom. The molecule has 1 amide bonds. The summed E-state index contributed by atoms with van der Waals surface area (Å²) in [7, 11) is 0. The highest BCUT2D eigenvalue weighted by Gasteiger charge is 2.21. The van der Waals surface area contributed by atoms with Gasteiger partial charge in [0.1, 0.15) is 36.6 Å². The molecule has 0 saturated carbocycles. The molecular weight excluding hydrogens is 473 g/mol. The molecule has 37 heavy (non-hydrogen) atoms. The zero-order chi connectivity index (χ0) is 26.0. The molecule has 0 bridgehead atoms. The number of benzene rings is 4. The Kier molecular flexibility index (Phi) is 8.49. The van der Waals surface area contributed by atoms with Crippen LogP contribution in [0.25, 0.3) is 0 Å². The molecule has 0 aliphatic carbocycles. The minimum absolute atomic E-state index is 0.0384. The van der Waals surface area contributed by atoms with Gasteiger partial charge in [-0.1, -0.05) is 54.6 Å². The number of amides is 1. The van der Waals surface area contributed by atoms with Crippen molar-refractivity contribution in [3.63, 3.8) is 0 Å². The molecule has 0 aromatic heterocycles. The van der Waals surface area contributed by atoms with Gasteiger partial charge in [0.25, 0.3) is 5.91 Å². The predicted octanol–water partition coefficient (Wildman–Crippen LogP) is 5.41. The molecule has 4 aromatic carbocycles. The summed E-state index contributed by atoms with van der Waals surface area (Å²) in [6.07, 6.45) is 0.0384. The topological polar surface area (TPSA) is 84.9 Å². The van der Waals surface area contributed by atoms with Crippen LogP contribution in [0.3, 0.4) is 0 Å². The number of hydrogen-bond donors (Lipinski definition) is 2. The van der Waals surface area contributed by atoms with Crippen molar-refractivity contribution in [2.45, 2.75) is 25.7 Å². The lowest BCUT2D eigenvalue weighted by Gasteiger charge is -2.15. The van der Waals surface area contributed by atoms with E-state index in [1.165, 1.54) is 24.3 Å². The molecule has 2 N–H and O–H groups in total. The smallest absolute Gasteiger partial charge is 0.326 e. The van der Waals surface area contributed by atoms with Crippen LogP contribution in [-0.2, 0) is 24.4 Å². The van der Waals surface area contributed by atoms with E-state index in [1.54, 1.807) is 24.3 Å². The first-order valence-electron chi connectivity index (χ1n) is 11.7. The van der Waals surface area contributed by atoms with Crippen molar-refractivity contribution in [3.8, 4) is 11.5 Å². The number of carboxylic acids is 1. The summed E-state index contributed by atoms with van der Waals surface area (Å²) >= 11 is 0. The van der Waals surface area contributed by atoms with Crippen molar-refractivity contribution < 1.29 is 28.6 Å². The highest BCUT2D eigenvalue weighted by molar-refractivity contribution is 5.96. The summed E-state index contributed by atoms with van der Waals surface area (Å²) in [6, 6.07) is 28.3.